The van der Waals surface area contributed by atoms with Crippen LogP contribution in [0.5, 0.6) is 11.5 Å². The van der Waals surface area contributed by atoms with Gasteiger partial charge in [0.05, 0.1) is 36.0 Å². The lowest BCUT2D eigenvalue weighted by Gasteiger charge is -2.07. The lowest BCUT2D eigenvalue weighted by atomic mass is 10.2. The van der Waals surface area contributed by atoms with Crippen LogP contribution in [0.4, 0.5) is 0 Å². The van der Waals surface area contributed by atoms with E-state index in [0.29, 0.717) is 22.2 Å². The highest BCUT2D eigenvalue weighted by Crippen LogP contribution is 2.33. The number of ether oxygens (including phenoxy) is 2. The number of hydrogen-bond acceptors (Lipinski definition) is 5. The van der Waals surface area contributed by atoms with Gasteiger partial charge in [-0.3, -0.25) is 0 Å². The Labute approximate surface area is 121 Å². The molecule has 2 rings (SSSR count). The van der Waals surface area contributed by atoms with Crippen LogP contribution in [0.15, 0.2) is 17.3 Å². The van der Waals surface area contributed by atoms with E-state index in [4.69, 9.17) is 27.4 Å². The van der Waals surface area contributed by atoms with Gasteiger partial charge in [-0.2, -0.15) is 0 Å². The first-order valence-electron chi connectivity index (χ1n) is 5.56. The van der Waals surface area contributed by atoms with Crippen LogP contribution in [-0.4, -0.2) is 34.5 Å². The number of thiocarbonyl (C=S) groups is 1. The highest BCUT2D eigenvalue weighted by Gasteiger charge is 2.13. The van der Waals surface area contributed by atoms with Crippen LogP contribution in [-0.2, 0) is 7.05 Å². The third kappa shape index (κ3) is 2.76. The molecule has 102 valence electrons. The molecule has 0 saturated heterocycles. The molecule has 0 atom stereocenters. The van der Waals surface area contributed by atoms with Gasteiger partial charge in [0.2, 0.25) is 0 Å². The second-order valence-corrected chi connectivity index (χ2v) is 5.37. The van der Waals surface area contributed by atoms with Gasteiger partial charge in [0.15, 0.2) is 16.7 Å². The Morgan fingerprint density at radius 2 is 2.00 bits per heavy atom. The summed E-state index contributed by atoms with van der Waals surface area (Å²) in [5.74, 6) is 1.92. The Balaban J connectivity index is 2.47. The summed E-state index contributed by atoms with van der Waals surface area (Å²) in [5.41, 5.74) is 7.34. The minimum atomic E-state index is 0.465. The number of thioether (sulfide) groups is 1. The average molecular weight is 297 g/mol. The number of nitrogens with zero attached hydrogens (tertiary/aromatic N) is 2. The molecule has 1 aromatic heterocycles. The number of fused-ring (bicyclic) bond motifs is 1. The maximum absolute atomic E-state index is 5.51. The van der Waals surface area contributed by atoms with E-state index in [1.807, 2.05) is 23.7 Å². The van der Waals surface area contributed by atoms with Gasteiger partial charge in [-0.05, 0) is 0 Å². The molecule has 1 heterocycles. The molecule has 2 aromatic rings. The highest BCUT2D eigenvalue weighted by molar-refractivity contribution is 8.00. The number of hydrogen-bond donors (Lipinski definition) is 1. The SMILES string of the molecule is COc1cc2nc(SCC(N)=S)n(C)c2cc1OC. The van der Waals surface area contributed by atoms with Gasteiger partial charge >= 0.3 is 0 Å². The molecular formula is C12H15N3O2S2. The molecule has 0 unspecified atom stereocenters. The molecule has 0 saturated carbocycles. The number of aryl methyl sites for hydroxylation is 1. The van der Waals surface area contributed by atoms with Crippen LogP contribution in [0.2, 0.25) is 0 Å². The summed E-state index contributed by atoms with van der Waals surface area (Å²) in [6, 6.07) is 3.77. The van der Waals surface area contributed by atoms with E-state index in [1.165, 1.54) is 11.8 Å². The smallest absolute Gasteiger partial charge is 0.169 e. The summed E-state index contributed by atoms with van der Waals surface area (Å²) >= 11 is 6.39. The van der Waals surface area contributed by atoms with Crippen molar-refractivity contribution in [2.24, 2.45) is 12.8 Å². The summed E-state index contributed by atoms with van der Waals surface area (Å²) < 4.78 is 12.5. The fourth-order valence-corrected chi connectivity index (χ4v) is 2.66. The van der Waals surface area contributed by atoms with Crippen molar-refractivity contribution in [2.75, 3.05) is 20.0 Å². The van der Waals surface area contributed by atoms with Gasteiger partial charge in [-0.1, -0.05) is 24.0 Å². The van der Waals surface area contributed by atoms with Crippen LogP contribution < -0.4 is 15.2 Å². The Kier molecular flexibility index (Phi) is 4.16. The maximum Gasteiger partial charge on any atom is 0.169 e. The van der Waals surface area contributed by atoms with Gasteiger partial charge in [0, 0.05) is 19.2 Å². The first-order valence-corrected chi connectivity index (χ1v) is 6.95. The summed E-state index contributed by atoms with van der Waals surface area (Å²) in [6.45, 7) is 0. The predicted molar refractivity (Wildman–Crippen MR) is 81.3 cm³/mol. The van der Waals surface area contributed by atoms with E-state index in [-0.39, 0.29) is 0 Å². The predicted octanol–water partition coefficient (Wildman–Crippen LogP) is 1.97. The van der Waals surface area contributed by atoms with E-state index in [9.17, 15) is 0 Å². The normalized spacial score (nSPS) is 10.7. The minimum absolute atomic E-state index is 0.465. The molecule has 0 bridgehead atoms. The van der Waals surface area contributed by atoms with Crippen molar-refractivity contribution in [2.45, 2.75) is 5.16 Å². The summed E-state index contributed by atoms with van der Waals surface area (Å²) in [7, 11) is 5.17. The van der Waals surface area contributed by atoms with E-state index in [0.717, 1.165) is 16.2 Å². The number of imidazole rings is 1. The van der Waals surface area contributed by atoms with Crippen molar-refractivity contribution in [1.82, 2.24) is 9.55 Å². The fraction of sp³-hybridized carbons (Fsp3) is 0.333. The zero-order valence-corrected chi connectivity index (χ0v) is 12.6. The first kappa shape index (κ1) is 14.0. The Hall–Kier alpha value is -1.47. The van der Waals surface area contributed by atoms with Gasteiger partial charge in [-0.25, -0.2) is 4.98 Å². The van der Waals surface area contributed by atoms with Gasteiger partial charge < -0.3 is 19.8 Å². The summed E-state index contributed by atoms with van der Waals surface area (Å²) in [6.07, 6.45) is 0. The molecule has 2 N–H and O–H groups in total. The van der Waals surface area contributed by atoms with Crippen molar-refractivity contribution in [3.8, 4) is 11.5 Å². The zero-order valence-electron chi connectivity index (χ0n) is 11.0. The van der Waals surface area contributed by atoms with Crippen LogP contribution in [0.1, 0.15) is 0 Å². The molecule has 1 aromatic carbocycles. The lowest BCUT2D eigenvalue weighted by Crippen LogP contribution is -2.10. The van der Waals surface area contributed by atoms with Crippen molar-refractivity contribution in [1.29, 1.82) is 0 Å². The number of rotatable bonds is 5. The molecule has 5 nitrogen and oxygen atoms in total. The van der Waals surface area contributed by atoms with Gasteiger partial charge in [0.25, 0.3) is 0 Å². The molecule has 0 aliphatic carbocycles. The third-order valence-electron chi connectivity index (χ3n) is 2.69. The molecule has 0 spiro atoms. The van der Waals surface area contributed by atoms with Crippen molar-refractivity contribution in [3.05, 3.63) is 12.1 Å². The minimum Gasteiger partial charge on any atom is -0.493 e. The lowest BCUT2D eigenvalue weighted by molar-refractivity contribution is 0.355. The van der Waals surface area contributed by atoms with Crippen LogP contribution in [0, 0.1) is 0 Å². The topological polar surface area (TPSA) is 62.3 Å². The van der Waals surface area contributed by atoms with Crippen molar-refractivity contribution in [3.63, 3.8) is 0 Å². The van der Waals surface area contributed by atoms with Crippen LogP contribution in [0.3, 0.4) is 0 Å². The van der Waals surface area contributed by atoms with Gasteiger partial charge in [0.1, 0.15) is 0 Å². The molecule has 19 heavy (non-hydrogen) atoms. The highest BCUT2D eigenvalue weighted by atomic mass is 32.2. The van der Waals surface area contributed by atoms with Crippen molar-refractivity contribution < 1.29 is 9.47 Å². The number of benzene rings is 1. The van der Waals surface area contributed by atoms with Crippen LogP contribution in [0.25, 0.3) is 11.0 Å². The monoisotopic (exact) mass is 297 g/mol. The molecule has 0 fully saturated rings. The molecule has 7 heteroatoms. The maximum atomic E-state index is 5.51. The second kappa shape index (κ2) is 5.66. The Morgan fingerprint density at radius 1 is 1.37 bits per heavy atom. The summed E-state index contributed by atoms with van der Waals surface area (Å²) in [5, 5.41) is 0.859. The quantitative estimate of drug-likeness (QED) is 0.672. The van der Waals surface area contributed by atoms with E-state index < -0.39 is 0 Å². The zero-order chi connectivity index (χ0) is 14.0. The second-order valence-electron chi connectivity index (χ2n) is 3.90. The number of nitrogens with two attached hydrogens (primary N) is 1. The fourth-order valence-electron chi connectivity index (χ4n) is 1.76. The number of aromatic nitrogens is 2. The summed E-state index contributed by atoms with van der Waals surface area (Å²) in [4.78, 5) is 5.01. The number of methoxy groups -OCH3 is 2. The molecular weight excluding hydrogens is 282 g/mol. The Bertz CT molecular complexity index is 625. The third-order valence-corrected chi connectivity index (χ3v) is 4.09. The van der Waals surface area contributed by atoms with E-state index in [1.54, 1.807) is 14.2 Å². The molecule has 0 aliphatic rings. The molecule has 0 aliphatic heterocycles. The van der Waals surface area contributed by atoms with E-state index in [2.05, 4.69) is 4.98 Å². The molecule has 0 radical (unpaired) electrons. The Morgan fingerprint density at radius 3 is 2.58 bits per heavy atom. The largest absolute Gasteiger partial charge is 0.493 e. The molecule has 0 amide bonds. The average Bonchev–Trinajstić information content (AvgIpc) is 2.71. The van der Waals surface area contributed by atoms with E-state index >= 15 is 0 Å². The standard InChI is InChI=1S/C12H15N3O2S2/c1-15-8-5-10(17-3)9(16-2)4-7(8)14-12(15)19-6-11(13)18/h4-5H,6H2,1-3H3,(H2,13,18). The van der Waals surface area contributed by atoms with Gasteiger partial charge in [-0.15, -0.1) is 0 Å². The van der Waals surface area contributed by atoms with Crippen LogP contribution >= 0.6 is 24.0 Å². The van der Waals surface area contributed by atoms with Crippen molar-refractivity contribution >= 4 is 40.0 Å². The first-order chi connectivity index (χ1) is 9.06.